The van der Waals surface area contributed by atoms with Crippen LogP contribution >= 0.6 is 11.6 Å². The van der Waals surface area contributed by atoms with Crippen LogP contribution in [0.5, 0.6) is 0 Å². The first-order chi connectivity index (χ1) is 22.9. The number of benzene rings is 4. The van der Waals surface area contributed by atoms with Crippen molar-refractivity contribution in [1.29, 1.82) is 5.26 Å². The number of nitriles is 1. The maximum Gasteiger partial charge on any atom is 0.416 e. The smallest absolute Gasteiger partial charge is 0.416 e. The number of hydrogen-bond donors (Lipinski definition) is 1. The van der Waals surface area contributed by atoms with Crippen molar-refractivity contribution in [3.8, 4) is 6.07 Å². The number of anilines is 3. The molecule has 1 N–H and O–H groups in total. The molecule has 12 heteroatoms. The molecule has 0 saturated carbocycles. The molecule has 0 unspecified atom stereocenters. The number of nitrogens with zero attached hydrogens (tertiary/aromatic N) is 4. The maximum absolute atomic E-state index is 14.2. The van der Waals surface area contributed by atoms with E-state index in [1.165, 1.54) is 30.3 Å². The van der Waals surface area contributed by atoms with Crippen molar-refractivity contribution in [2.24, 2.45) is 0 Å². The summed E-state index contributed by atoms with van der Waals surface area (Å²) in [6, 6.07) is 23.1. The van der Waals surface area contributed by atoms with Crippen LogP contribution in [0.3, 0.4) is 0 Å². The zero-order chi connectivity index (χ0) is 34.3. The summed E-state index contributed by atoms with van der Waals surface area (Å²) in [7, 11) is 1.80. The summed E-state index contributed by atoms with van der Waals surface area (Å²) in [4.78, 5) is 43.9. The number of imide groups is 1. The monoisotopic (exact) mass is 668 g/mol. The van der Waals surface area contributed by atoms with Gasteiger partial charge in [0.1, 0.15) is 10.9 Å². The van der Waals surface area contributed by atoms with E-state index in [0.29, 0.717) is 11.4 Å². The summed E-state index contributed by atoms with van der Waals surface area (Å²) < 4.78 is 40.2. The van der Waals surface area contributed by atoms with E-state index < -0.39 is 34.6 Å². The largest absolute Gasteiger partial charge is 0.481 e. The zero-order valence-electron chi connectivity index (χ0n) is 25.1. The van der Waals surface area contributed by atoms with Gasteiger partial charge in [0.05, 0.1) is 46.3 Å². The van der Waals surface area contributed by atoms with Gasteiger partial charge in [-0.3, -0.25) is 14.4 Å². The van der Waals surface area contributed by atoms with Crippen LogP contribution in [0.2, 0.25) is 0 Å². The Labute approximate surface area is 277 Å². The molecule has 0 fully saturated rings. The van der Waals surface area contributed by atoms with E-state index in [9.17, 15) is 37.9 Å². The molecule has 0 bridgehead atoms. The van der Waals surface area contributed by atoms with Crippen molar-refractivity contribution in [3.05, 3.63) is 130 Å². The van der Waals surface area contributed by atoms with E-state index in [1.807, 2.05) is 47.4 Å². The van der Waals surface area contributed by atoms with Gasteiger partial charge in [0.15, 0.2) is 0 Å². The number of carboxylic acid groups (broad SMARTS) is 1. The molecule has 2 heterocycles. The van der Waals surface area contributed by atoms with Crippen LogP contribution in [0.1, 0.15) is 23.1 Å². The average molecular weight is 669 g/mol. The van der Waals surface area contributed by atoms with Gasteiger partial charge in [-0.05, 0) is 65.6 Å². The van der Waals surface area contributed by atoms with Gasteiger partial charge >= 0.3 is 12.1 Å². The molecule has 0 aromatic heterocycles. The third-order valence-corrected chi connectivity index (χ3v) is 8.49. The Morgan fingerprint density at radius 1 is 0.938 bits per heavy atom. The molecule has 0 atom stereocenters. The summed E-state index contributed by atoms with van der Waals surface area (Å²) in [5.41, 5.74) is 0.997. The van der Waals surface area contributed by atoms with Gasteiger partial charge < -0.3 is 14.9 Å². The van der Waals surface area contributed by atoms with Crippen LogP contribution in [-0.4, -0.2) is 36.5 Å². The molecule has 2 aliphatic heterocycles. The van der Waals surface area contributed by atoms with Gasteiger partial charge in [-0.15, -0.1) is 0 Å². The van der Waals surface area contributed by atoms with Crippen LogP contribution in [0.15, 0.2) is 114 Å². The van der Waals surface area contributed by atoms with Gasteiger partial charge in [0, 0.05) is 24.6 Å². The average Bonchev–Trinajstić information content (AvgIpc) is 3.35. The normalized spacial score (nSPS) is 16.7. The van der Waals surface area contributed by atoms with E-state index in [-0.39, 0.29) is 35.4 Å². The SMILES string of the molecule is CN1/C(=C\C=C2/C(=O)N(c3ccc(C#N)cc3)C(=O)C(Cl)=C2c2ccc(C(F)(F)F)cc2)N(CCC(=O)O)c2ccc3ccccc3c21. The highest BCUT2D eigenvalue weighted by atomic mass is 35.5. The number of amides is 2. The minimum Gasteiger partial charge on any atom is -0.481 e. The predicted molar refractivity (Wildman–Crippen MR) is 176 cm³/mol. The van der Waals surface area contributed by atoms with Crippen molar-refractivity contribution in [2.45, 2.75) is 12.6 Å². The van der Waals surface area contributed by atoms with Crippen LogP contribution < -0.4 is 14.7 Å². The lowest BCUT2D eigenvalue weighted by atomic mass is 9.91. The van der Waals surface area contributed by atoms with Crippen molar-refractivity contribution < 1.29 is 32.7 Å². The molecule has 0 saturated heterocycles. The molecule has 0 radical (unpaired) electrons. The molecule has 8 nitrogen and oxygen atoms in total. The number of carbonyl (C=O) groups excluding carboxylic acids is 2. The van der Waals surface area contributed by atoms with E-state index in [1.54, 1.807) is 18.0 Å². The first-order valence-corrected chi connectivity index (χ1v) is 14.9. The second-order valence-electron chi connectivity index (χ2n) is 11.0. The van der Waals surface area contributed by atoms with Crippen LogP contribution in [0.4, 0.5) is 30.2 Å². The number of aliphatic carboxylic acids is 1. The summed E-state index contributed by atoms with van der Waals surface area (Å²) in [5, 5.41) is 20.2. The molecule has 0 aliphatic carbocycles. The first kappa shape index (κ1) is 32.1. The molecule has 2 amide bonds. The quantitative estimate of drug-likeness (QED) is 0.168. The predicted octanol–water partition coefficient (Wildman–Crippen LogP) is 7.45. The number of carbonyl (C=O) groups is 3. The van der Waals surface area contributed by atoms with Gasteiger partial charge in [-0.25, -0.2) is 4.90 Å². The number of allylic oxidation sites excluding steroid dienone is 2. The van der Waals surface area contributed by atoms with Crippen molar-refractivity contribution >= 4 is 62.8 Å². The second kappa shape index (κ2) is 12.4. The minimum atomic E-state index is -4.62. The van der Waals surface area contributed by atoms with Crippen LogP contribution in [0, 0.1) is 11.3 Å². The number of rotatable bonds is 6. The number of carboxylic acids is 1. The zero-order valence-corrected chi connectivity index (χ0v) is 25.9. The van der Waals surface area contributed by atoms with Gasteiger partial charge in [-0.2, -0.15) is 18.4 Å². The Morgan fingerprint density at radius 2 is 1.62 bits per heavy atom. The van der Waals surface area contributed by atoms with E-state index in [0.717, 1.165) is 51.3 Å². The number of alkyl halides is 3. The Hall–Kier alpha value is -5.86. The Kier molecular flexibility index (Phi) is 8.29. The molecule has 0 spiro atoms. The summed E-state index contributed by atoms with van der Waals surface area (Å²) in [6.07, 6.45) is -1.80. The molecular formula is C36H24ClF3N4O4. The molecule has 6 rings (SSSR count). The Morgan fingerprint density at radius 3 is 2.27 bits per heavy atom. The van der Waals surface area contributed by atoms with Crippen LogP contribution in [-0.2, 0) is 20.6 Å². The van der Waals surface area contributed by atoms with Gasteiger partial charge in [-0.1, -0.05) is 54.1 Å². The first-order valence-electron chi connectivity index (χ1n) is 14.5. The highest BCUT2D eigenvalue weighted by molar-refractivity contribution is 6.54. The standard InChI is InChI=1S/C36H24ClF3N4O4/c1-42-29(43(19-18-30(45)46)28-16-10-22-4-2-3-5-26(22)33(28)42)17-15-27-31(23-8-11-24(12-9-23)36(38,39)40)32(37)35(48)44(34(27)47)25-13-6-21(20-41)7-14-25/h2-17H,18-19H2,1H3,(H,45,46)/b27-15-,29-17+. The van der Waals surface area contributed by atoms with E-state index in [2.05, 4.69) is 0 Å². The molecule has 4 aromatic rings. The number of fused-ring (bicyclic) bond motifs is 3. The van der Waals surface area contributed by atoms with E-state index >= 15 is 0 Å². The fourth-order valence-corrected chi connectivity index (χ4v) is 6.16. The third-order valence-electron chi connectivity index (χ3n) is 8.14. The lowest BCUT2D eigenvalue weighted by Crippen LogP contribution is -2.42. The van der Waals surface area contributed by atoms with Crippen molar-refractivity contribution in [1.82, 2.24) is 0 Å². The van der Waals surface area contributed by atoms with E-state index in [4.69, 9.17) is 11.6 Å². The number of halogens is 4. The fourth-order valence-electron chi connectivity index (χ4n) is 5.86. The lowest BCUT2D eigenvalue weighted by Gasteiger charge is -2.29. The van der Waals surface area contributed by atoms with Gasteiger partial charge in [0.2, 0.25) is 0 Å². The second-order valence-corrected chi connectivity index (χ2v) is 11.4. The summed E-state index contributed by atoms with van der Waals surface area (Å²) in [6.45, 7) is 0.0895. The van der Waals surface area contributed by atoms with Crippen molar-refractivity contribution in [3.63, 3.8) is 0 Å². The summed E-state index contributed by atoms with van der Waals surface area (Å²) >= 11 is 6.65. The topological polar surface area (TPSA) is 105 Å². The third kappa shape index (κ3) is 5.67. The van der Waals surface area contributed by atoms with Gasteiger partial charge in [0.25, 0.3) is 11.8 Å². The molecule has 240 valence electrons. The number of hydrogen-bond acceptors (Lipinski definition) is 6. The molecule has 2 aliphatic rings. The molecule has 48 heavy (non-hydrogen) atoms. The highest BCUT2D eigenvalue weighted by Gasteiger charge is 2.39. The minimum absolute atomic E-state index is 0.0668. The van der Waals surface area contributed by atoms with Crippen molar-refractivity contribution in [2.75, 3.05) is 28.3 Å². The molecular weight excluding hydrogens is 645 g/mol. The Balaban J connectivity index is 1.53. The highest BCUT2D eigenvalue weighted by Crippen LogP contribution is 2.46. The van der Waals surface area contributed by atoms with Crippen LogP contribution in [0.25, 0.3) is 16.3 Å². The Bertz CT molecular complexity index is 2130. The lowest BCUT2D eigenvalue weighted by molar-refractivity contribution is -0.138. The summed E-state index contributed by atoms with van der Waals surface area (Å²) in [5.74, 6) is -2.21. The molecule has 4 aromatic carbocycles. The fraction of sp³-hybridized carbons (Fsp3) is 0.111. The maximum atomic E-state index is 14.2.